The van der Waals surface area contributed by atoms with Gasteiger partial charge in [0.1, 0.15) is 0 Å². The van der Waals surface area contributed by atoms with E-state index in [0.717, 1.165) is 36.6 Å². The zero-order valence-electron chi connectivity index (χ0n) is 9.73. The molecular formula is C11H19ClN2OS. The molecule has 0 bridgehead atoms. The van der Waals surface area contributed by atoms with Gasteiger partial charge in [-0.25, -0.2) is 0 Å². The summed E-state index contributed by atoms with van der Waals surface area (Å²) in [4.78, 5) is 14.1. The number of nitrogens with one attached hydrogen (secondary N) is 1. The first kappa shape index (κ1) is 12.5. The van der Waals surface area contributed by atoms with Crippen molar-refractivity contribution in [2.24, 2.45) is 17.3 Å². The van der Waals surface area contributed by atoms with Crippen LogP contribution in [0.15, 0.2) is 0 Å². The van der Waals surface area contributed by atoms with Crippen LogP contribution in [0.4, 0.5) is 0 Å². The minimum Gasteiger partial charge on any atom is -0.341 e. The van der Waals surface area contributed by atoms with Crippen LogP contribution in [0.3, 0.4) is 0 Å². The van der Waals surface area contributed by atoms with Crippen LogP contribution in [-0.4, -0.2) is 41.6 Å². The van der Waals surface area contributed by atoms with E-state index in [1.54, 1.807) is 0 Å². The highest BCUT2D eigenvalue weighted by Gasteiger charge is 2.62. The summed E-state index contributed by atoms with van der Waals surface area (Å²) >= 11 is 1.82. The summed E-state index contributed by atoms with van der Waals surface area (Å²) in [6.07, 6.45) is 0. The van der Waals surface area contributed by atoms with E-state index in [0.29, 0.717) is 11.3 Å². The number of amides is 1. The van der Waals surface area contributed by atoms with Gasteiger partial charge in [-0.1, -0.05) is 13.8 Å². The van der Waals surface area contributed by atoms with E-state index < -0.39 is 0 Å². The predicted molar refractivity (Wildman–Crippen MR) is 68.8 cm³/mol. The minimum absolute atomic E-state index is 0. The Morgan fingerprint density at radius 1 is 1.38 bits per heavy atom. The molecule has 2 heterocycles. The van der Waals surface area contributed by atoms with Crippen molar-refractivity contribution in [3.05, 3.63) is 0 Å². The van der Waals surface area contributed by atoms with Crippen LogP contribution < -0.4 is 5.32 Å². The maximum Gasteiger partial charge on any atom is 0.240 e. The fourth-order valence-corrected chi connectivity index (χ4v) is 4.02. The average Bonchev–Trinajstić information content (AvgIpc) is 2.79. The van der Waals surface area contributed by atoms with Gasteiger partial charge in [0.2, 0.25) is 5.91 Å². The molecule has 0 spiro atoms. The fourth-order valence-electron chi connectivity index (χ4n) is 3.09. The summed E-state index contributed by atoms with van der Waals surface area (Å²) in [5, 5.41) is 3.26. The van der Waals surface area contributed by atoms with E-state index in [9.17, 15) is 4.79 Å². The van der Waals surface area contributed by atoms with Gasteiger partial charge in [-0.15, -0.1) is 24.2 Å². The van der Waals surface area contributed by atoms with Gasteiger partial charge < -0.3 is 4.90 Å². The van der Waals surface area contributed by atoms with Crippen molar-refractivity contribution >= 4 is 30.1 Å². The summed E-state index contributed by atoms with van der Waals surface area (Å²) in [6, 6.07) is 0.0932. The molecule has 3 rings (SSSR count). The van der Waals surface area contributed by atoms with Crippen LogP contribution >= 0.6 is 24.2 Å². The SMILES string of the molecule is CC1(C)C2CN(C(=O)[C@H]3CSCN3)CC21.Cl. The molecule has 3 nitrogen and oxygen atoms in total. The molecule has 92 valence electrons. The molecule has 0 aromatic heterocycles. The van der Waals surface area contributed by atoms with E-state index >= 15 is 0 Å². The Balaban J connectivity index is 0.000000963. The van der Waals surface area contributed by atoms with E-state index in [1.165, 1.54) is 0 Å². The number of fused-ring (bicyclic) bond motifs is 1. The van der Waals surface area contributed by atoms with Gasteiger partial charge in [0, 0.05) is 24.7 Å². The van der Waals surface area contributed by atoms with Crippen molar-refractivity contribution in [1.82, 2.24) is 10.2 Å². The van der Waals surface area contributed by atoms with Crippen LogP contribution in [-0.2, 0) is 4.79 Å². The average molecular weight is 263 g/mol. The zero-order valence-corrected chi connectivity index (χ0v) is 11.4. The van der Waals surface area contributed by atoms with E-state index in [1.807, 2.05) is 11.8 Å². The van der Waals surface area contributed by atoms with Crippen LogP contribution in [0.25, 0.3) is 0 Å². The molecule has 0 radical (unpaired) electrons. The quantitative estimate of drug-likeness (QED) is 0.771. The molecule has 1 aliphatic carbocycles. The lowest BCUT2D eigenvalue weighted by Gasteiger charge is -2.24. The monoisotopic (exact) mass is 262 g/mol. The van der Waals surface area contributed by atoms with E-state index in [2.05, 4.69) is 24.1 Å². The number of rotatable bonds is 1. The maximum atomic E-state index is 12.1. The van der Waals surface area contributed by atoms with Gasteiger partial charge >= 0.3 is 0 Å². The number of carbonyl (C=O) groups is 1. The number of likely N-dealkylation sites (tertiary alicyclic amines) is 1. The Labute approximate surface area is 107 Å². The van der Waals surface area contributed by atoms with Crippen molar-refractivity contribution < 1.29 is 4.79 Å². The van der Waals surface area contributed by atoms with Crippen LogP contribution in [0.5, 0.6) is 0 Å². The van der Waals surface area contributed by atoms with Crippen molar-refractivity contribution in [2.75, 3.05) is 24.7 Å². The van der Waals surface area contributed by atoms with Gasteiger partial charge in [-0.3, -0.25) is 10.1 Å². The van der Waals surface area contributed by atoms with Crippen LogP contribution in [0.2, 0.25) is 0 Å². The summed E-state index contributed by atoms with van der Waals surface area (Å²) in [5.74, 6) is 3.77. The molecular weight excluding hydrogens is 244 g/mol. The highest BCUT2D eigenvalue weighted by atomic mass is 35.5. The summed E-state index contributed by atoms with van der Waals surface area (Å²) in [7, 11) is 0. The molecule has 1 N–H and O–H groups in total. The third kappa shape index (κ3) is 1.75. The molecule has 1 saturated carbocycles. The zero-order chi connectivity index (χ0) is 10.6. The molecule has 2 aliphatic heterocycles. The van der Waals surface area contributed by atoms with E-state index in [-0.39, 0.29) is 18.4 Å². The molecule has 2 saturated heterocycles. The smallest absolute Gasteiger partial charge is 0.240 e. The number of piperidine rings is 1. The maximum absolute atomic E-state index is 12.1. The highest BCUT2D eigenvalue weighted by molar-refractivity contribution is 7.99. The molecule has 0 aromatic carbocycles. The molecule has 3 fully saturated rings. The lowest BCUT2D eigenvalue weighted by atomic mass is 10.1. The molecule has 16 heavy (non-hydrogen) atoms. The normalized spacial score (nSPS) is 39.1. The Morgan fingerprint density at radius 3 is 2.50 bits per heavy atom. The minimum atomic E-state index is 0. The molecule has 5 heteroatoms. The lowest BCUT2D eigenvalue weighted by molar-refractivity contribution is -0.132. The van der Waals surface area contributed by atoms with Crippen LogP contribution in [0, 0.1) is 17.3 Å². The topological polar surface area (TPSA) is 32.3 Å². The van der Waals surface area contributed by atoms with Gasteiger partial charge in [0.25, 0.3) is 0 Å². The molecule has 3 aliphatic rings. The number of halogens is 1. The van der Waals surface area contributed by atoms with Crippen LogP contribution in [0.1, 0.15) is 13.8 Å². The molecule has 2 unspecified atom stereocenters. The lowest BCUT2D eigenvalue weighted by Crippen LogP contribution is -2.45. The van der Waals surface area contributed by atoms with E-state index in [4.69, 9.17) is 0 Å². The van der Waals surface area contributed by atoms with Gasteiger partial charge in [-0.05, 0) is 17.3 Å². The Bertz CT molecular complexity index is 290. The molecule has 0 aromatic rings. The number of hydrogen-bond donors (Lipinski definition) is 1. The van der Waals surface area contributed by atoms with Gasteiger partial charge in [-0.2, -0.15) is 0 Å². The first-order valence-electron chi connectivity index (χ1n) is 5.70. The predicted octanol–water partition coefficient (Wildman–Crippen LogP) is 1.19. The second kappa shape index (κ2) is 4.07. The summed E-state index contributed by atoms with van der Waals surface area (Å²) in [5.41, 5.74) is 0.509. The second-order valence-corrected chi connectivity index (χ2v) is 6.58. The largest absolute Gasteiger partial charge is 0.341 e. The van der Waals surface area contributed by atoms with Gasteiger partial charge in [0.15, 0.2) is 0 Å². The fraction of sp³-hybridized carbons (Fsp3) is 0.909. The Morgan fingerprint density at radius 2 is 2.00 bits per heavy atom. The van der Waals surface area contributed by atoms with Gasteiger partial charge in [0.05, 0.1) is 6.04 Å². The highest BCUT2D eigenvalue weighted by Crippen LogP contribution is 2.61. The van der Waals surface area contributed by atoms with Crippen molar-refractivity contribution in [2.45, 2.75) is 19.9 Å². The Hall–Kier alpha value is 0.0700. The van der Waals surface area contributed by atoms with Crippen molar-refractivity contribution in [3.63, 3.8) is 0 Å². The number of carbonyl (C=O) groups excluding carboxylic acids is 1. The third-order valence-corrected chi connectivity index (χ3v) is 5.39. The number of hydrogen-bond acceptors (Lipinski definition) is 3. The molecule has 1 amide bonds. The Kier molecular flexibility index (Phi) is 3.19. The number of thioether (sulfide) groups is 1. The summed E-state index contributed by atoms with van der Waals surface area (Å²) < 4.78 is 0. The summed E-state index contributed by atoms with van der Waals surface area (Å²) in [6.45, 7) is 6.65. The van der Waals surface area contributed by atoms with Crippen molar-refractivity contribution in [1.29, 1.82) is 0 Å². The number of nitrogens with zero attached hydrogens (tertiary/aromatic N) is 1. The third-order valence-electron chi connectivity index (χ3n) is 4.45. The second-order valence-electron chi connectivity index (χ2n) is 5.55. The first-order chi connectivity index (χ1) is 7.10. The molecule has 3 atom stereocenters. The first-order valence-corrected chi connectivity index (χ1v) is 6.86. The standard InChI is InChI=1S/C11H18N2OS.ClH/c1-11(2)7-3-13(4-8(7)11)10(14)9-5-15-6-12-9;/h7-9,12H,3-6H2,1-2H3;1H/t7?,8?,9-;/m1./s1. The van der Waals surface area contributed by atoms with Crippen molar-refractivity contribution in [3.8, 4) is 0 Å².